The fraction of sp³-hybridized carbons (Fsp3) is 0.259. The quantitative estimate of drug-likeness (QED) is 0.417. The van der Waals surface area contributed by atoms with Crippen molar-refractivity contribution in [2.45, 2.75) is 38.3 Å². The van der Waals surface area contributed by atoms with E-state index in [0.717, 1.165) is 32.5 Å². The molecule has 2 N–H and O–H groups in total. The van der Waals surface area contributed by atoms with Gasteiger partial charge in [0.1, 0.15) is 0 Å². The zero-order valence-corrected chi connectivity index (χ0v) is 20.9. The maximum atomic E-state index is 13.6. The van der Waals surface area contributed by atoms with Gasteiger partial charge in [0.05, 0.1) is 28.6 Å². The minimum atomic E-state index is -0.821. The zero-order valence-electron chi connectivity index (χ0n) is 20.0. The Labute approximate surface area is 208 Å². The van der Waals surface area contributed by atoms with Crippen molar-refractivity contribution in [2.24, 2.45) is 0 Å². The van der Waals surface area contributed by atoms with Crippen LogP contribution in [0.25, 0.3) is 22.0 Å². The lowest BCUT2D eigenvalue weighted by Crippen LogP contribution is -2.62. The van der Waals surface area contributed by atoms with Crippen LogP contribution in [0.1, 0.15) is 48.7 Å². The maximum Gasteiger partial charge on any atom is 0.239 e. The number of nitrogens with zero attached hydrogens (tertiary/aromatic N) is 4. The molecule has 0 bridgehead atoms. The molecule has 0 aliphatic carbocycles. The summed E-state index contributed by atoms with van der Waals surface area (Å²) in [6.45, 7) is 6.15. The molecule has 2 aromatic carbocycles. The summed E-state index contributed by atoms with van der Waals surface area (Å²) in [5, 5.41) is 28.7. The van der Waals surface area contributed by atoms with Gasteiger partial charge in [-0.25, -0.2) is 0 Å². The van der Waals surface area contributed by atoms with Crippen LogP contribution in [-0.4, -0.2) is 33.6 Å². The number of nitrogens with one attached hydrogen (secondary N) is 2. The molecule has 1 fully saturated rings. The van der Waals surface area contributed by atoms with E-state index in [-0.39, 0.29) is 17.9 Å². The van der Waals surface area contributed by atoms with Gasteiger partial charge in [0.25, 0.3) is 0 Å². The zero-order chi connectivity index (χ0) is 24.9. The van der Waals surface area contributed by atoms with Crippen LogP contribution in [0.5, 0.6) is 0 Å². The third kappa shape index (κ3) is 3.78. The maximum absolute atomic E-state index is 13.6. The van der Waals surface area contributed by atoms with Crippen molar-refractivity contribution in [2.75, 3.05) is 7.05 Å². The van der Waals surface area contributed by atoms with Gasteiger partial charge in [-0.1, -0.05) is 18.2 Å². The second kappa shape index (κ2) is 8.36. The molecule has 1 aliphatic rings. The number of hydrogen-bond donors (Lipinski definition) is 2. The van der Waals surface area contributed by atoms with Gasteiger partial charge in [0, 0.05) is 29.5 Å². The van der Waals surface area contributed by atoms with Gasteiger partial charge in [-0.15, -0.1) is 11.3 Å². The van der Waals surface area contributed by atoms with Crippen LogP contribution in [-0.2, 0) is 10.3 Å². The fourth-order valence-electron chi connectivity index (χ4n) is 4.67. The summed E-state index contributed by atoms with van der Waals surface area (Å²) in [5.74, 6) is -0.595. The van der Waals surface area contributed by atoms with E-state index >= 15 is 0 Å². The standard InChI is InChI=1S/C27H26N6OS/c1-16(2)33-14-20-11-19(8-9-22(20)31-33)24-25(34)32(4)26(29)30-27(24,3)23-12-21(15-35-23)18-7-5-6-17(10-18)13-28/h5-12,14-16,24H,1-4H3,(H2,29,30)/t24-,27+/m0/s1. The van der Waals surface area contributed by atoms with E-state index in [2.05, 4.69) is 36.4 Å². The molecule has 7 nitrogen and oxygen atoms in total. The predicted octanol–water partition coefficient (Wildman–Crippen LogP) is 5.21. The Morgan fingerprint density at radius 3 is 2.74 bits per heavy atom. The highest BCUT2D eigenvalue weighted by Gasteiger charge is 2.49. The van der Waals surface area contributed by atoms with Gasteiger partial charge < -0.3 is 5.32 Å². The number of benzene rings is 2. The smallest absolute Gasteiger partial charge is 0.239 e. The van der Waals surface area contributed by atoms with Crippen molar-refractivity contribution >= 4 is 34.1 Å². The number of carbonyl (C=O) groups is 1. The lowest BCUT2D eigenvalue weighted by molar-refractivity contribution is -0.131. The van der Waals surface area contributed by atoms with Gasteiger partial charge in [-0.3, -0.25) is 19.8 Å². The summed E-state index contributed by atoms with van der Waals surface area (Å²) in [7, 11) is 1.63. The summed E-state index contributed by atoms with van der Waals surface area (Å²) >= 11 is 1.55. The molecule has 0 saturated carbocycles. The van der Waals surface area contributed by atoms with Gasteiger partial charge >= 0.3 is 0 Å². The first-order chi connectivity index (χ1) is 16.7. The van der Waals surface area contributed by atoms with E-state index in [9.17, 15) is 10.1 Å². The SMILES string of the molecule is CC(C)n1cc2cc([C@H]3C(=O)N(C)C(=N)N[C@]3(C)c3cc(-c4cccc(C#N)c4)cs3)ccc2n1. The number of amides is 1. The second-order valence-electron chi connectivity index (χ2n) is 9.42. The van der Waals surface area contributed by atoms with Crippen LogP contribution in [0, 0.1) is 16.7 Å². The lowest BCUT2D eigenvalue weighted by atomic mass is 9.76. The van der Waals surface area contributed by atoms with Crippen LogP contribution in [0.2, 0.25) is 0 Å². The normalized spacial score (nSPS) is 20.3. The van der Waals surface area contributed by atoms with Gasteiger partial charge in [-0.05, 0) is 73.2 Å². The first kappa shape index (κ1) is 22.8. The number of hydrogen-bond acceptors (Lipinski definition) is 5. The Balaban J connectivity index is 1.61. The number of likely N-dealkylation sites (N-methyl/N-ethyl adjacent to an activating group) is 1. The molecule has 1 amide bonds. The molecular formula is C27H26N6OS. The van der Waals surface area contributed by atoms with Crippen molar-refractivity contribution in [1.82, 2.24) is 20.0 Å². The predicted molar refractivity (Wildman–Crippen MR) is 138 cm³/mol. The van der Waals surface area contributed by atoms with Gasteiger partial charge in [0.2, 0.25) is 5.91 Å². The van der Waals surface area contributed by atoms with Crippen molar-refractivity contribution in [3.63, 3.8) is 0 Å². The minimum absolute atomic E-state index is 0.0730. The van der Waals surface area contributed by atoms with Gasteiger partial charge in [0.15, 0.2) is 5.96 Å². The number of thiophene rings is 1. The van der Waals surface area contributed by atoms with E-state index in [1.165, 1.54) is 4.90 Å². The second-order valence-corrected chi connectivity index (χ2v) is 10.3. The molecule has 0 unspecified atom stereocenters. The molecular weight excluding hydrogens is 456 g/mol. The van der Waals surface area contributed by atoms with E-state index in [1.54, 1.807) is 24.5 Å². The van der Waals surface area contributed by atoms with E-state index in [4.69, 9.17) is 5.41 Å². The molecule has 3 heterocycles. The summed E-state index contributed by atoms with van der Waals surface area (Å²) in [6.07, 6.45) is 2.01. The van der Waals surface area contributed by atoms with Crippen LogP contribution in [0.4, 0.5) is 0 Å². The van der Waals surface area contributed by atoms with E-state index in [1.807, 2.05) is 59.6 Å². The molecule has 0 radical (unpaired) electrons. The minimum Gasteiger partial charge on any atom is -0.345 e. The Hall–Kier alpha value is -3.96. The van der Waals surface area contributed by atoms with Crippen LogP contribution in [0.15, 0.2) is 60.1 Å². The fourth-order valence-corrected chi connectivity index (χ4v) is 5.73. The topological polar surface area (TPSA) is 97.8 Å². The lowest BCUT2D eigenvalue weighted by Gasteiger charge is -2.45. The molecule has 4 aromatic rings. The summed E-state index contributed by atoms with van der Waals surface area (Å²) in [5.41, 5.74) is 3.47. The molecule has 1 aliphatic heterocycles. The Morgan fingerprint density at radius 1 is 1.20 bits per heavy atom. The average molecular weight is 483 g/mol. The van der Waals surface area contributed by atoms with Crippen LogP contribution in [0.3, 0.4) is 0 Å². The molecule has 8 heteroatoms. The van der Waals surface area contributed by atoms with Crippen LogP contribution >= 0.6 is 11.3 Å². The van der Waals surface area contributed by atoms with E-state index < -0.39 is 11.5 Å². The molecule has 2 aromatic heterocycles. The van der Waals surface area contributed by atoms with Crippen molar-refractivity contribution < 1.29 is 4.79 Å². The Morgan fingerprint density at radius 2 is 2.00 bits per heavy atom. The highest BCUT2D eigenvalue weighted by atomic mass is 32.1. The third-order valence-corrected chi connectivity index (χ3v) is 7.88. The Bertz CT molecular complexity index is 1510. The molecule has 0 spiro atoms. The number of rotatable bonds is 4. The molecule has 2 atom stereocenters. The third-order valence-electron chi connectivity index (χ3n) is 6.71. The van der Waals surface area contributed by atoms with Crippen molar-refractivity contribution in [3.05, 3.63) is 76.1 Å². The molecule has 176 valence electrons. The number of fused-ring (bicyclic) bond motifs is 1. The molecule has 5 rings (SSSR count). The van der Waals surface area contributed by atoms with Crippen molar-refractivity contribution in [3.8, 4) is 17.2 Å². The Kier molecular flexibility index (Phi) is 5.45. The largest absolute Gasteiger partial charge is 0.345 e. The number of carbonyl (C=O) groups excluding carboxylic acids is 1. The van der Waals surface area contributed by atoms with Crippen LogP contribution < -0.4 is 5.32 Å². The van der Waals surface area contributed by atoms with E-state index in [0.29, 0.717) is 5.56 Å². The number of aromatic nitrogens is 2. The molecule has 35 heavy (non-hydrogen) atoms. The highest BCUT2D eigenvalue weighted by Crippen LogP contribution is 2.44. The first-order valence-corrected chi connectivity index (χ1v) is 12.3. The average Bonchev–Trinajstić information content (AvgIpc) is 3.51. The summed E-state index contributed by atoms with van der Waals surface area (Å²) < 4.78 is 1.93. The summed E-state index contributed by atoms with van der Waals surface area (Å²) in [4.78, 5) is 16.0. The first-order valence-electron chi connectivity index (χ1n) is 11.4. The number of guanidine groups is 1. The van der Waals surface area contributed by atoms with Crippen molar-refractivity contribution in [1.29, 1.82) is 10.7 Å². The summed E-state index contributed by atoms with van der Waals surface area (Å²) in [6, 6.07) is 17.9. The monoisotopic (exact) mass is 482 g/mol. The number of nitriles is 1. The molecule has 1 saturated heterocycles. The van der Waals surface area contributed by atoms with Gasteiger partial charge in [-0.2, -0.15) is 10.4 Å². The highest BCUT2D eigenvalue weighted by molar-refractivity contribution is 7.10.